The number of hydrogen-bond acceptors (Lipinski definition) is 4. The smallest absolute Gasteiger partial charge is 0.307 e. The Morgan fingerprint density at radius 1 is 1.19 bits per heavy atom. The molecule has 0 fully saturated rings. The van der Waals surface area contributed by atoms with E-state index in [1.54, 1.807) is 24.0 Å². The third kappa shape index (κ3) is 8.70. The molecule has 0 unspecified atom stereocenters. The molecule has 0 aliphatic rings. The van der Waals surface area contributed by atoms with E-state index < -0.39 is 0 Å². The largest absolute Gasteiger partial charge is 0.491 e. The van der Waals surface area contributed by atoms with Crippen molar-refractivity contribution in [2.24, 2.45) is 0 Å². The van der Waals surface area contributed by atoms with Crippen molar-refractivity contribution < 1.29 is 19.1 Å². The maximum atomic E-state index is 12.5. The van der Waals surface area contributed by atoms with E-state index in [2.05, 4.69) is 6.92 Å². The highest BCUT2D eigenvalue weighted by Crippen LogP contribution is 2.16. The summed E-state index contributed by atoms with van der Waals surface area (Å²) in [5, 5.41) is 0. The van der Waals surface area contributed by atoms with Crippen molar-refractivity contribution in [3.8, 4) is 5.75 Å². The Hall–Kier alpha value is -2.30. The normalized spacial score (nSPS) is 11.0. The Morgan fingerprint density at radius 2 is 1.96 bits per heavy atom. The van der Waals surface area contributed by atoms with Crippen LogP contribution in [-0.2, 0) is 14.3 Å². The Labute approximate surface area is 157 Å². The maximum Gasteiger partial charge on any atom is 0.307 e. The van der Waals surface area contributed by atoms with Crippen molar-refractivity contribution in [1.82, 2.24) is 4.90 Å². The number of benzene rings is 1. The van der Waals surface area contributed by atoms with Crippen LogP contribution in [0.5, 0.6) is 5.75 Å². The van der Waals surface area contributed by atoms with E-state index in [1.165, 1.54) is 0 Å². The lowest BCUT2D eigenvalue weighted by Crippen LogP contribution is -2.32. The summed E-state index contributed by atoms with van der Waals surface area (Å²) in [6, 6.07) is 7.62. The van der Waals surface area contributed by atoms with Gasteiger partial charge >= 0.3 is 5.97 Å². The number of rotatable bonds is 11. The second-order valence-electron chi connectivity index (χ2n) is 6.31. The highest BCUT2D eigenvalue weighted by molar-refractivity contribution is 5.92. The van der Waals surface area contributed by atoms with E-state index in [-0.39, 0.29) is 24.4 Å². The fourth-order valence-corrected chi connectivity index (χ4v) is 2.38. The molecule has 1 aromatic carbocycles. The maximum absolute atomic E-state index is 12.5. The van der Waals surface area contributed by atoms with E-state index in [0.717, 1.165) is 24.2 Å². The van der Waals surface area contributed by atoms with Gasteiger partial charge in [-0.2, -0.15) is 0 Å². The monoisotopic (exact) mass is 361 g/mol. The molecule has 0 aliphatic heterocycles. The lowest BCUT2D eigenvalue weighted by atomic mass is 10.2. The van der Waals surface area contributed by atoms with Crippen LogP contribution in [-0.4, -0.2) is 42.6 Å². The summed E-state index contributed by atoms with van der Waals surface area (Å²) >= 11 is 0. The standard InChI is InChI=1S/C21H31NO4/c1-5-7-14-22(15-13-21(24)25-6-2)20(23)12-11-18-9-8-10-19(16-18)26-17(3)4/h8-12,16-17H,5-7,13-15H2,1-4H3/b12-11+. The summed E-state index contributed by atoms with van der Waals surface area (Å²) in [6.45, 7) is 9.16. The fraction of sp³-hybridized carbons (Fsp3) is 0.524. The van der Waals surface area contributed by atoms with Crippen LogP contribution < -0.4 is 4.74 Å². The van der Waals surface area contributed by atoms with Crippen LogP contribution in [0.1, 0.15) is 52.5 Å². The molecule has 1 aromatic rings. The van der Waals surface area contributed by atoms with E-state index in [4.69, 9.17) is 9.47 Å². The number of carbonyl (C=O) groups excluding carboxylic acids is 2. The second kappa shape index (κ2) is 12.1. The number of unbranched alkanes of at least 4 members (excludes halogenated alkanes) is 1. The van der Waals surface area contributed by atoms with Crippen LogP contribution in [0, 0.1) is 0 Å². The topological polar surface area (TPSA) is 55.8 Å². The summed E-state index contributed by atoms with van der Waals surface area (Å²) in [5.74, 6) is 0.405. The Balaban J connectivity index is 2.71. The van der Waals surface area contributed by atoms with Gasteiger partial charge in [0.2, 0.25) is 5.91 Å². The van der Waals surface area contributed by atoms with Gasteiger partial charge in [-0.1, -0.05) is 25.5 Å². The minimum atomic E-state index is -0.274. The van der Waals surface area contributed by atoms with Gasteiger partial charge in [-0.25, -0.2) is 0 Å². The van der Waals surface area contributed by atoms with Gasteiger partial charge in [-0.15, -0.1) is 0 Å². The molecule has 0 aromatic heterocycles. The molecule has 26 heavy (non-hydrogen) atoms. The summed E-state index contributed by atoms with van der Waals surface area (Å²) in [6.07, 6.45) is 5.54. The van der Waals surface area contributed by atoms with Crippen LogP contribution in [0.25, 0.3) is 6.08 Å². The Kier molecular flexibility index (Phi) is 10.1. The molecular weight excluding hydrogens is 330 g/mol. The van der Waals surface area contributed by atoms with Crippen LogP contribution in [0.15, 0.2) is 30.3 Å². The van der Waals surface area contributed by atoms with Crippen LogP contribution in [0.3, 0.4) is 0 Å². The number of esters is 1. The minimum absolute atomic E-state index is 0.0991. The molecule has 0 aliphatic carbocycles. The van der Waals surface area contributed by atoms with Crippen molar-refractivity contribution in [1.29, 1.82) is 0 Å². The molecule has 0 saturated heterocycles. The first-order chi connectivity index (χ1) is 12.5. The molecule has 1 rings (SSSR count). The zero-order chi connectivity index (χ0) is 19.4. The predicted octanol–water partition coefficient (Wildman–Crippen LogP) is 4.07. The molecule has 0 bridgehead atoms. The number of ether oxygens (including phenoxy) is 2. The van der Waals surface area contributed by atoms with E-state index in [9.17, 15) is 9.59 Å². The summed E-state index contributed by atoms with van der Waals surface area (Å²) < 4.78 is 10.6. The number of amides is 1. The van der Waals surface area contributed by atoms with Gasteiger partial charge in [0.15, 0.2) is 0 Å². The second-order valence-corrected chi connectivity index (χ2v) is 6.31. The average molecular weight is 361 g/mol. The number of carbonyl (C=O) groups is 2. The summed E-state index contributed by atoms with van der Waals surface area (Å²) in [7, 11) is 0. The lowest BCUT2D eigenvalue weighted by Gasteiger charge is -2.20. The number of nitrogens with zero attached hydrogens (tertiary/aromatic N) is 1. The summed E-state index contributed by atoms with van der Waals surface area (Å²) in [5.41, 5.74) is 0.900. The average Bonchev–Trinajstić information content (AvgIpc) is 2.60. The van der Waals surface area contributed by atoms with E-state index >= 15 is 0 Å². The van der Waals surface area contributed by atoms with Gasteiger partial charge in [0.1, 0.15) is 5.75 Å². The van der Waals surface area contributed by atoms with Crippen LogP contribution in [0.2, 0.25) is 0 Å². The van der Waals surface area contributed by atoms with Gasteiger partial charge < -0.3 is 14.4 Å². The van der Waals surface area contributed by atoms with Gasteiger partial charge in [0, 0.05) is 19.2 Å². The SMILES string of the molecule is CCCCN(CCC(=O)OCC)C(=O)/C=C/c1cccc(OC(C)C)c1. The molecule has 0 spiro atoms. The van der Waals surface area contributed by atoms with E-state index in [0.29, 0.717) is 19.7 Å². The molecule has 1 amide bonds. The van der Waals surface area contributed by atoms with Crippen molar-refractivity contribution in [3.63, 3.8) is 0 Å². The third-order valence-corrected chi connectivity index (χ3v) is 3.63. The lowest BCUT2D eigenvalue weighted by molar-refractivity contribution is -0.143. The third-order valence-electron chi connectivity index (χ3n) is 3.63. The molecule has 0 saturated carbocycles. The minimum Gasteiger partial charge on any atom is -0.491 e. The van der Waals surface area contributed by atoms with Gasteiger partial charge in [-0.05, 0) is 51.0 Å². The van der Waals surface area contributed by atoms with Crippen LogP contribution in [0.4, 0.5) is 0 Å². The molecule has 144 valence electrons. The quantitative estimate of drug-likeness (QED) is 0.440. The van der Waals surface area contributed by atoms with Crippen molar-refractivity contribution in [3.05, 3.63) is 35.9 Å². The van der Waals surface area contributed by atoms with Gasteiger partial charge in [-0.3, -0.25) is 9.59 Å². The van der Waals surface area contributed by atoms with Gasteiger partial charge in [0.25, 0.3) is 0 Å². The molecule has 0 radical (unpaired) electrons. The predicted molar refractivity (Wildman–Crippen MR) is 104 cm³/mol. The first-order valence-corrected chi connectivity index (χ1v) is 9.35. The van der Waals surface area contributed by atoms with E-state index in [1.807, 2.05) is 38.1 Å². The van der Waals surface area contributed by atoms with Gasteiger partial charge in [0.05, 0.1) is 19.1 Å². The molecule has 5 nitrogen and oxygen atoms in total. The highest BCUT2D eigenvalue weighted by atomic mass is 16.5. The summed E-state index contributed by atoms with van der Waals surface area (Å²) in [4.78, 5) is 25.8. The Morgan fingerprint density at radius 3 is 2.62 bits per heavy atom. The molecule has 5 heteroatoms. The zero-order valence-corrected chi connectivity index (χ0v) is 16.4. The van der Waals surface area contributed by atoms with Crippen LogP contribution >= 0.6 is 0 Å². The van der Waals surface area contributed by atoms with Crippen molar-refractivity contribution in [2.75, 3.05) is 19.7 Å². The first kappa shape index (κ1) is 21.7. The highest BCUT2D eigenvalue weighted by Gasteiger charge is 2.12. The zero-order valence-electron chi connectivity index (χ0n) is 16.4. The Bertz CT molecular complexity index is 595. The molecule has 0 N–H and O–H groups in total. The van der Waals surface area contributed by atoms with Crippen molar-refractivity contribution >= 4 is 18.0 Å². The fourth-order valence-electron chi connectivity index (χ4n) is 2.38. The number of hydrogen-bond donors (Lipinski definition) is 0. The molecule has 0 heterocycles. The first-order valence-electron chi connectivity index (χ1n) is 9.35. The molecular formula is C21H31NO4. The van der Waals surface area contributed by atoms with Crippen molar-refractivity contribution in [2.45, 2.75) is 53.1 Å². The molecule has 0 atom stereocenters.